The molecule has 0 saturated carbocycles. The summed E-state index contributed by atoms with van der Waals surface area (Å²) in [5.74, 6) is 0.143. The lowest BCUT2D eigenvalue weighted by Gasteiger charge is -2.03. The summed E-state index contributed by atoms with van der Waals surface area (Å²) in [6.07, 6.45) is 0. The summed E-state index contributed by atoms with van der Waals surface area (Å²) in [7, 11) is 0. The predicted molar refractivity (Wildman–Crippen MR) is 72.7 cm³/mol. The molecule has 0 bridgehead atoms. The van der Waals surface area contributed by atoms with Crippen LogP contribution in [0.1, 0.15) is 10.4 Å². The number of carbonyl (C=O) groups excluding carboxylic acids is 1. The van der Waals surface area contributed by atoms with Crippen molar-refractivity contribution in [3.63, 3.8) is 0 Å². The maximum absolute atomic E-state index is 12.0. The van der Waals surface area contributed by atoms with Crippen LogP contribution in [0.15, 0.2) is 29.6 Å². The van der Waals surface area contributed by atoms with E-state index >= 15 is 0 Å². The summed E-state index contributed by atoms with van der Waals surface area (Å²) < 4.78 is 1.16. The molecule has 15 heavy (non-hydrogen) atoms. The summed E-state index contributed by atoms with van der Waals surface area (Å²) >= 11 is 8.27. The van der Waals surface area contributed by atoms with E-state index in [0.717, 1.165) is 15.6 Å². The van der Waals surface area contributed by atoms with Gasteiger partial charge >= 0.3 is 0 Å². The predicted octanol–water partition coefficient (Wildman–Crippen LogP) is 4.24. The van der Waals surface area contributed by atoms with Crippen molar-refractivity contribution in [1.82, 2.24) is 0 Å². The highest BCUT2D eigenvalue weighted by molar-refractivity contribution is 9.12. The summed E-state index contributed by atoms with van der Waals surface area (Å²) in [5, 5.41) is 3.62. The number of hydrogen-bond acceptors (Lipinski definition) is 2. The molecule has 0 aliphatic rings. The molecule has 2 aromatic rings. The van der Waals surface area contributed by atoms with Crippen molar-refractivity contribution < 1.29 is 4.79 Å². The summed E-state index contributed by atoms with van der Waals surface area (Å²) in [6.45, 7) is 0. The molecule has 1 atom stereocenters. The minimum absolute atomic E-state index is 0.143. The molecule has 1 aromatic heterocycles. The number of Topliss-reactive ketones (excluding diaryl/α,β-unsaturated/α-hetero) is 1. The largest absolute Gasteiger partial charge is 0.293 e. The van der Waals surface area contributed by atoms with Crippen LogP contribution in [0.4, 0.5) is 0 Å². The van der Waals surface area contributed by atoms with Crippen LogP contribution in [0.2, 0.25) is 0 Å². The first-order valence-corrected chi connectivity index (χ1v) is 7.36. The average molecular weight is 348 g/mol. The Morgan fingerprint density at radius 3 is 2.87 bits per heavy atom. The fraction of sp³-hybridized carbons (Fsp3) is 0.182. The normalized spacial score (nSPS) is 12.9. The van der Waals surface area contributed by atoms with Crippen molar-refractivity contribution in [2.45, 2.75) is 4.83 Å². The Bertz CT molecular complexity index is 492. The molecule has 0 amide bonds. The van der Waals surface area contributed by atoms with Crippen molar-refractivity contribution >= 4 is 59.1 Å². The number of carbonyl (C=O) groups is 1. The van der Waals surface area contributed by atoms with Crippen LogP contribution in [-0.4, -0.2) is 15.9 Å². The second-order valence-corrected chi connectivity index (χ2v) is 5.80. The lowest BCUT2D eigenvalue weighted by molar-refractivity contribution is 0.0999. The second-order valence-electron chi connectivity index (χ2n) is 3.13. The zero-order valence-electron chi connectivity index (χ0n) is 7.74. The van der Waals surface area contributed by atoms with Crippen LogP contribution >= 0.6 is 43.2 Å². The van der Waals surface area contributed by atoms with Crippen molar-refractivity contribution in [2.75, 3.05) is 5.33 Å². The number of benzene rings is 1. The molecule has 0 aliphatic heterocycles. The number of halogens is 2. The molecule has 0 spiro atoms. The van der Waals surface area contributed by atoms with Crippen molar-refractivity contribution in [3.8, 4) is 0 Å². The van der Waals surface area contributed by atoms with Gasteiger partial charge in [0.2, 0.25) is 0 Å². The Morgan fingerprint density at radius 2 is 2.13 bits per heavy atom. The second kappa shape index (κ2) is 4.76. The topological polar surface area (TPSA) is 17.1 Å². The van der Waals surface area contributed by atoms with E-state index in [2.05, 4.69) is 31.9 Å². The first-order chi connectivity index (χ1) is 7.24. The summed E-state index contributed by atoms with van der Waals surface area (Å²) in [5.41, 5.74) is 0.817. The van der Waals surface area contributed by atoms with E-state index < -0.39 is 0 Å². The highest BCUT2D eigenvalue weighted by atomic mass is 79.9. The van der Waals surface area contributed by atoms with Gasteiger partial charge in [-0.2, -0.15) is 0 Å². The Balaban J connectivity index is 2.48. The van der Waals surface area contributed by atoms with E-state index in [0.29, 0.717) is 5.33 Å². The van der Waals surface area contributed by atoms with Crippen molar-refractivity contribution in [2.24, 2.45) is 0 Å². The molecular formula is C11H8Br2OS. The van der Waals surface area contributed by atoms with E-state index in [9.17, 15) is 4.79 Å². The maximum atomic E-state index is 12.0. The molecule has 0 radical (unpaired) electrons. The number of thiophene rings is 1. The zero-order valence-corrected chi connectivity index (χ0v) is 11.7. The van der Waals surface area contributed by atoms with Gasteiger partial charge in [0.15, 0.2) is 5.78 Å². The van der Waals surface area contributed by atoms with Gasteiger partial charge in [0.05, 0.1) is 4.83 Å². The molecule has 0 N–H and O–H groups in total. The van der Waals surface area contributed by atoms with E-state index in [-0.39, 0.29) is 10.6 Å². The molecular weight excluding hydrogens is 340 g/mol. The Morgan fingerprint density at radius 1 is 1.40 bits per heavy atom. The van der Waals surface area contributed by atoms with Crippen molar-refractivity contribution in [1.29, 1.82) is 0 Å². The van der Waals surface area contributed by atoms with Gasteiger partial charge in [-0.25, -0.2) is 0 Å². The van der Waals surface area contributed by atoms with Crippen LogP contribution in [0.5, 0.6) is 0 Å². The number of hydrogen-bond donors (Lipinski definition) is 0. The maximum Gasteiger partial charge on any atom is 0.178 e. The van der Waals surface area contributed by atoms with Crippen LogP contribution in [-0.2, 0) is 0 Å². The molecule has 78 valence electrons. The molecule has 1 nitrogen and oxygen atoms in total. The lowest BCUT2D eigenvalue weighted by atomic mass is 10.1. The standard InChI is InChI=1S/C11H8Br2OS/c12-5-9(13)11(14)8-6-15-10-4-2-1-3-7(8)10/h1-4,6,9H,5H2. The smallest absolute Gasteiger partial charge is 0.178 e. The molecule has 1 aromatic carbocycles. The molecule has 0 aliphatic carbocycles. The lowest BCUT2D eigenvalue weighted by Crippen LogP contribution is -2.14. The molecule has 1 heterocycles. The molecule has 4 heteroatoms. The van der Waals surface area contributed by atoms with E-state index in [1.54, 1.807) is 11.3 Å². The van der Waals surface area contributed by atoms with Crippen LogP contribution in [0, 0.1) is 0 Å². The van der Waals surface area contributed by atoms with Gasteiger partial charge in [0.25, 0.3) is 0 Å². The van der Waals surface area contributed by atoms with Gasteiger partial charge in [-0.1, -0.05) is 50.1 Å². The summed E-state index contributed by atoms with van der Waals surface area (Å²) in [6, 6.07) is 7.98. The first kappa shape index (κ1) is 11.3. The number of fused-ring (bicyclic) bond motifs is 1. The van der Waals surface area contributed by atoms with Crippen LogP contribution < -0.4 is 0 Å². The van der Waals surface area contributed by atoms with E-state index in [4.69, 9.17) is 0 Å². The monoisotopic (exact) mass is 346 g/mol. The Hall–Kier alpha value is -0.190. The fourth-order valence-electron chi connectivity index (χ4n) is 1.41. The van der Waals surface area contributed by atoms with E-state index in [1.807, 2.05) is 29.6 Å². The third-order valence-electron chi connectivity index (χ3n) is 2.17. The van der Waals surface area contributed by atoms with Crippen molar-refractivity contribution in [3.05, 3.63) is 35.2 Å². The Labute approximate surface area is 109 Å². The average Bonchev–Trinajstić information content (AvgIpc) is 2.70. The third-order valence-corrected chi connectivity index (χ3v) is 5.39. The first-order valence-electron chi connectivity index (χ1n) is 4.44. The number of rotatable bonds is 3. The molecule has 0 saturated heterocycles. The molecule has 0 fully saturated rings. The van der Waals surface area contributed by atoms with E-state index in [1.165, 1.54) is 0 Å². The summed E-state index contributed by atoms with van der Waals surface area (Å²) in [4.78, 5) is 11.8. The molecule has 2 rings (SSSR count). The Kier molecular flexibility index (Phi) is 3.59. The highest BCUT2D eigenvalue weighted by Gasteiger charge is 2.18. The third kappa shape index (κ3) is 2.17. The minimum atomic E-state index is -0.143. The highest BCUT2D eigenvalue weighted by Crippen LogP contribution is 2.27. The van der Waals surface area contributed by atoms with Gasteiger partial charge in [0.1, 0.15) is 0 Å². The quantitative estimate of drug-likeness (QED) is 0.599. The number of alkyl halides is 2. The van der Waals surface area contributed by atoms with Crippen LogP contribution in [0.25, 0.3) is 10.1 Å². The van der Waals surface area contributed by atoms with Gasteiger partial charge in [-0.3, -0.25) is 4.79 Å². The minimum Gasteiger partial charge on any atom is -0.293 e. The van der Waals surface area contributed by atoms with Gasteiger partial charge in [0, 0.05) is 26.4 Å². The van der Waals surface area contributed by atoms with Gasteiger partial charge < -0.3 is 0 Å². The van der Waals surface area contributed by atoms with Gasteiger partial charge in [-0.05, 0) is 6.07 Å². The SMILES string of the molecule is O=C(c1csc2ccccc12)C(Br)CBr. The molecule has 1 unspecified atom stereocenters. The zero-order chi connectivity index (χ0) is 10.8. The number of ketones is 1. The van der Waals surface area contributed by atoms with Crippen LogP contribution in [0.3, 0.4) is 0 Å². The van der Waals surface area contributed by atoms with Gasteiger partial charge in [-0.15, -0.1) is 11.3 Å². The fourth-order valence-corrected chi connectivity index (χ4v) is 2.90.